The van der Waals surface area contributed by atoms with Crippen molar-refractivity contribution in [3.8, 4) is 0 Å². The molecule has 0 aromatic carbocycles. The molecule has 0 bridgehead atoms. The third-order valence-corrected chi connectivity index (χ3v) is 3.66. The second-order valence-corrected chi connectivity index (χ2v) is 5.78. The van der Waals surface area contributed by atoms with Crippen LogP contribution in [-0.4, -0.2) is 29.8 Å². The lowest BCUT2D eigenvalue weighted by Gasteiger charge is -2.25. The topological polar surface area (TPSA) is 3.24 Å². The fraction of sp³-hybridized carbons (Fsp3) is 1.00. The van der Waals surface area contributed by atoms with E-state index in [1.165, 1.54) is 64.5 Å². The minimum Gasteiger partial charge on any atom is -0.301 e. The summed E-state index contributed by atoms with van der Waals surface area (Å²) in [4.78, 5) is 2.61. The molecule has 0 aliphatic carbocycles. The first-order valence-corrected chi connectivity index (χ1v) is 8.20. The van der Waals surface area contributed by atoms with E-state index in [2.05, 4.69) is 38.3 Å². The van der Waals surface area contributed by atoms with Crippen LogP contribution in [0.15, 0.2) is 0 Å². The summed E-state index contributed by atoms with van der Waals surface area (Å²) in [6.45, 7) is 9.46. The van der Waals surface area contributed by atoms with Crippen molar-refractivity contribution in [2.45, 2.75) is 78.2 Å². The predicted molar refractivity (Wildman–Crippen MR) is 83.2 cm³/mol. The maximum absolute atomic E-state index is 4.24. The summed E-state index contributed by atoms with van der Waals surface area (Å²) < 4.78 is 0. The van der Waals surface area contributed by atoms with Crippen LogP contribution in [0.25, 0.3) is 0 Å². The standard InChI is InChI=1S/C15H33NS/c1-4-12-16(15(2)3)13-10-8-6-5-7-9-11-14-17/h15,17H,4-14H2,1-3H3. The highest BCUT2D eigenvalue weighted by atomic mass is 32.1. The quantitative estimate of drug-likeness (QED) is 0.390. The van der Waals surface area contributed by atoms with Crippen LogP contribution < -0.4 is 0 Å². The second-order valence-electron chi connectivity index (χ2n) is 5.33. The van der Waals surface area contributed by atoms with Gasteiger partial charge in [-0.05, 0) is 52.0 Å². The van der Waals surface area contributed by atoms with E-state index in [0.717, 1.165) is 5.75 Å². The lowest BCUT2D eigenvalue weighted by atomic mass is 10.1. The van der Waals surface area contributed by atoms with Gasteiger partial charge in [-0.2, -0.15) is 12.6 Å². The summed E-state index contributed by atoms with van der Waals surface area (Å²) in [5, 5.41) is 0. The molecule has 0 unspecified atom stereocenters. The van der Waals surface area contributed by atoms with Gasteiger partial charge in [0.05, 0.1) is 0 Å². The maximum atomic E-state index is 4.24. The summed E-state index contributed by atoms with van der Waals surface area (Å²) in [6.07, 6.45) is 11.0. The molecule has 0 atom stereocenters. The number of hydrogen-bond donors (Lipinski definition) is 1. The summed E-state index contributed by atoms with van der Waals surface area (Å²) in [6, 6.07) is 0.713. The van der Waals surface area contributed by atoms with E-state index < -0.39 is 0 Å². The van der Waals surface area contributed by atoms with Crippen molar-refractivity contribution < 1.29 is 0 Å². The molecule has 0 saturated heterocycles. The van der Waals surface area contributed by atoms with E-state index in [1.54, 1.807) is 0 Å². The minimum atomic E-state index is 0.713. The molecule has 2 heteroatoms. The smallest absolute Gasteiger partial charge is 0.00385 e. The molecular formula is C15H33NS. The third kappa shape index (κ3) is 11.1. The Morgan fingerprint density at radius 2 is 1.35 bits per heavy atom. The molecule has 0 aromatic heterocycles. The average molecular weight is 260 g/mol. The van der Waals surface area contributed by atoms with Crippen LogP contribution in [0.1, 0.15) is 72.1 Å². The van der Waals surface area contributed by atoms with Crippen molar-refractivity contribution in [3.63, 3.8) is 0 Å². The van der Waals surface area contributed by atoms with Gasteiger partial charge >= 0.3 is 0 Å². The lowest BCUT2D eigenvalue weighted by molar-refractivity contribution is 0.217. The first-order chi connectivity index (χ1) is 8.22. The van der Waals surface area contributed by atoms with Crippen molar-refractivity contribution >= 4 is 12.6 Å². The van der Waals surface area contributed by atoms with Crippen molar-refractivity contribution in [2.24, 2.45) is 0 Å². The van der Waals surface area contributed by atoms with Gasteiger partial charge in [-0.1, -0.05) is 39.0 Å². The number of hydrogen-bond acceptors (Lipinski definition) is 2. The zero-order chi connectivity index (χ0) is 12.9. The van der Waals surface area contributed by atoms with Gasteiger partial charge in [0.1, 0.15) is 0 Å². The van der Waals surface area contributed by atoms with Gasteiger partial charge < -0.3 is 4.90 Å². The van der Waals surface area contributed by atoms with Crippen LogP contribution in [0.5, 0.6) is 0 Å². The minimum absolute atomic E-state index is 0.713. The van der Waals surface area contributed by atoms with Gasteiger partial charge in [0.25, 0.3) is 0 Å². The highest BCUT2D eigenvalue weighted by molar-refractivity contribution is 7.80. The van der Waals surface area contributed by atoms with Gasteiger partial charge in [0, 0.05) is 6.04 Å². The molecule has 1 nitrogen and oxygen atoms in total. The molecule has 0 N–H and O–H groups in total. The van der Waals surface area contributed by atoms with Gasteiger partial charge in [-0.15, -0.1) is 0 Å². The molecule has 0 aliphatic rings. The highest BCUT2D eigenvalue weighted by Gasteiger charge is 2.06. The SMILES string of the molecule is CCCN(CCCCCCCCCS)C(C)C. The Hall–Kier alpha value is 0.310. The van der Waals surface area contributed by atoms with Crippen LogP contribution in [-0.2, 0) is 0 Å². The molecule has 17 heavy (non-hydrogen) atoms. The maximum Gasteiger partial charge on any atom is 0.00385 e. The molecule has 104 valence electrons. The largest absolute Gasteiger partial charge is 0.301 e. The molecule has 0 aliphatic heterocycles. The van der Waals surface area contributed by atoms with Crippen LogP contribution in [0, 0.1) is 0 Å². The van der Waals surface area contributed by atoms with Crippen LogP contribution >= 0.6 is 12.6 Å². The Balaban J connectivity index is 3.30. The summed E-state index contributed by atoms with van der Waals surface area (Å²) >= 11 is 4.24. The number of unbranched alkanes of at least 4 members (excludes halogenated alkanes) is 6. The molecular weight excluding hydrogens is 226 g/mol. The van der Waals surface area contributed by atoms with E-state index in [-0.39, 0.29) is 0 Å². The highest BCUT2D eigenvalue weighted by Crippen LogP contribution is 2.09. The Morgan fingerprint density at radius 1 is 0.824 bits per heavy atom. The van der Waals surface area contributed by atoms with Gasteiger partial charge in [0.15, 0.2) is 0 Å². The Morgan fingerprint density at radius 3 is 1.82 bits per heavy atom. The zero-order valence-electron chi connectivity index (χ0n) is 12.2. The molecule has 0 radical (unpaired) electrons. The zero-order valence-corrected chi connectivity index (χ0v) is 13.1. The van der Waals surface area contributed by atoms with Crippen molar-refractivity contribution in [3.05, 3.63) is 0 Å². The number of nitrogens with zero attached hydrogens (tertiary/aromatic N) is 1. The molecule has 0 saturated carbocycles. The lowest BCUT2D eigenvalue weighted by Crippen LogP contribution is -2.32. The van der Waals surface area contributed by atoms with E-state index >= 15 is 0 Å². The molecule has 0 aromatic rings. The summed E-state index contributed by atoms with van der Waals surface area (Å²) in [5.41, 5.74) is 0. The first kappa shape index (κ1) is 17.3. The van der Waals surface area contributed by atoms with Crippen LogP contribution in [0.4, 0.5) is 0 Å². The first-order valence-electron chi connectivity index (χ1n) is 7.57. The molecule has 0 fully saturated rings. The molecule has 0 spiro atoms. The fourth-order valence-corrected chi connectivity index (χ4v) is 2.45. The van der Waals surface area contributed by atoms with Crippen molar-refractivity contribution in [1.82, 2.24) is 4.90 Å². The van der Waals surface area contributed by atoms with Gasteiger partial charge in [-0.25, -0.2) is 0 Å². The van der Waals surface area contributed by atoms with Crippen LogP contribution in [0.2, 0.25) is 0 Å². The van der Waals surface area contributed by atoms with E-state index in [4.69, 9.17) is 0 Å². The second kappa shape index (κ2) is 12.8. The van der Waals surface area contributed by atoms with Crippen molar-refractivity contribution in [1.29, 1.82) is 0 Å². The Labute approximate surface area is 115 Å². The normalized spacial score (nSPS) is 11.6. The van der Waals surface area contributed by atoms with E-state index in [9.17, 15) is 0 Å². The molecule has 0 heterocycles. The van der Waals surface area contributed by atoms with E-state index in [0.29, 0.717) is 6.04 Å². The third-order valence-electron chi connectivity index (χ3n) is 3.34. The number of rotatable bonds is 12. The predicted octanol–water partition coefficient (Wildman–Crippen LogP) is 4.77. The summed E-state index contributed by atoms with van der Waals surface area (Å²) in [5.74, 6) is 1.06. The summed E-state index contributed by atoms with van der Waals surface area (Å²) in [7, 11) is 0. The van der Waals surface area contributed by atoms with Gasteiger partial charge in [-0.3, -0.25) is 0 Å². The van der Waals surface area contributed by atoms with Gasteiger partial charge in [0.2, 0.25) is 0 Å². The Kier molecular flexibility index (Phi) is 13.0. The average Bonchev–Trinajstić information content (AvgIpc) is 2.31. The van der Waals surface area contributed by atoms with Crippen LogP contribution in [0.3, 0.4) is 0 Å². The Bertz CT molecular complexity index is 148. The monoisotopic (exact) mass is 259 g/mol. The molecule has 0 rings (SSSR count). The van der Waals surface area contributed by atoms with E-state index in [1.807, 2.05) is 0 Å². The van der Waals surface area contributed by atoms with Crippen molar-refractivity contribution in [2.75, 3.05) is 18.8 Å². The molecule has 0 amide bonds. The number of thiol groups is 1. The fourth-order valence-electron chi connectivity index (χ4n) is 2.23.